The minimum absolute atomic E-state index is 0.777. The maximum atomic E-state index is 4.37. The first-order chi connectivity index (χ1) is 9.92. The Labute approximate surface area is 119 Å². The lowest BCUT2D eigenvalue weighted by Gasteiger charge is -2.28. The summed E-state index contributed by atoms with van der Waals surface area (Å²) in [5.74, 6) is 1.87. The summed E-state index contributed by atoms with van der Waals surface area (Å²) in [6, 6.07) is 12.3. The van der Waals surface area contributed by atoms with Gasteiger partial charge < -0.3 is 15.5 Å². The number of piperazine rings is 1. The zero-order valence-corrected chi connectivity index (χ0v) is 11.4. The maximum absolute atomic E-state index is 4.37. The third-order valence-corrected chi connectivity index (χ3v) is 3.41. The number of aromatic nitrogens is 2. The Hall–Kier alpha value is -2.14. The fraction of sp³-hybridized carbons (Fsp3) is 0.333. The van der Waals surface area contributed by atoms with Gasteiger partial charge in [0.05, 0.1) is 0 Å². The molecule has 104 valence electrons. The third-order valence-electron chi connectivity index (χ3n) is 3.41. The van der Waals surface area contributed by atoms with E-state index >= 15 is 0 Å². The molecule has 3 rings (SSSR count). The largest absolute Gasteiger partial charge is 0.366 e. The Morgan fingerprint density at radius 3 is 2.70 bits per heavy atom. The van der Waals surface area contributed by atoms with Gasteiger partial charge in [0.15, 0.2) is 0 Å². The van der Waals surface area contributed by atoms with Crippen LogP contribution >= 0.6 is 0 Å². The zero-order valence-electron chi connectivity index (χ0n) is 11.4. The molecule has 1 aliphatic rings. The van der Waals surface area contributed by atoms with Crippen molar-refractivity contribution in [3.8, 4) is 0 Å². The summed E-state index contributed by atoms with van der Waals surface area (Å²) in [5.41, 5.74) is 1.25. The lowest BCUT2D eigenvalue weighted by molar-refractivity contribution is 0.584. The van der Waals surface area contributed by atoms with Gasteiger partial charge in [0.25, 0.3) is 0 Å². The van der Waals surface area contributed by atoms with Crippen molar-refractivity contribution in [2.24, 2.45) is 0 Å². The Kier molecular flexibility index (Phi) is 4.08. The van der Waals surface area contributed by atoms with Gasteiger partial charge in [0.2, 0.25) is 0 Å². The molecule has 2 N–H and O–H groups in total. The number of hydrogen-bond donors (Lipinski definition) is 2. The highest BCUT2D eigenvalue weighted by Gasteiger charge is 2.12. The van der Waals surface area contributed by atoms with Gasteiger partial charge in [0.1, 0.15) is 18.0 Å². The zero-order chi connectivity index (χ0) is 13.6. The summed E-state index contributed by atoms with van der Waals surface area (Å²) in [6.45, 7) is 4.79. The van der Waals surface area contributed by atoms with Crippen LogP contribution in [0.2, 0.25) is 0 Å². The maximum Gasteiger partial charge on any atom is 0.134 e. The molecule has 1 aromatic carbocycles. The third kappa shape index (κ3) is 3.24. The Bertz CT molecular complexity index is 537. The van der Waals surface area contributed by atoms with E-state index in [0.717, 1.165) is 44.4 Å². The predicted molar refractivity (Wildman–Crippen MR) is 80.9 cm³/mol. The number of nitrogens with zero attached hydrogens (tertiary/aromatic N) is 3. The van der Waals surface area contributed by atoms with Crippen LogP contribution in [0.4, 0.5) is 11.6 Å². The van der Waals surface area contributed by atoms with Crippen LogP contribution in [0.5, 0.6) is 0 Å². The summed E-state index contributed by atoms with van der Waals surface area (Å²) in [4.78, 5) is 10.9. The highest BCUT2D eigenvalue weighted by atomic mass is 15.2. The van der Waals surface area contributed by atoms with Gasteiger partial charge in [-0.2, -0.15) is 0 Å². The number of nitrogens with one attached hydrogen (secondary N) is 2. The number of rotatable bonds is 4. The normalized spacial score (nSPS) is 15.1. The van der Waals surface area contributed by atoms with Crippen LogP contribution in [0, 0.1) is 0 Å². The van der Waals surface area contributed by atoms with Crippen molar-refractivity contribution in [2.45, 2.75) is 6.54 Å². The first-order valence-electron chi connectivity index (χ1n) is 6.97. The van der Waals surface area contributed by atoms with Crippen LogP contribution in [0.1, 0.15) is 5.56 Å². The van der Waals surface area contributed by atoms with E-state index in [1.54, 1.807) is 6.33 Å². The van der Waals surface area contributed by atoms with E-state index in [2.05, 4.69) is 37.6 Å². The fourth-order valence-electron chi connectivity index (χ4n) is 2.30. The molecule has 0 atom stereocenters. The van der Waals surface area contributed by atoms with Crippen molar-refractivity contribution < 1.29 is 0 Å². The van der Waals surface area contributed by atoms with Crippen molar-refractivity contribution in [2.75, 3.05) is 36.4 Å². The molecule has 1 aromatic heterocycles. The van der Waals surface area contributed by atoms with Crippen LogP contribution in [-0.4, -0.2) is 36.1 Å². The van der Waals surface area contributed by atoms with E-state index in [-0.39, 0.29) is 0 Å². The molecular weight excluding hydrogens is 250 g/mol. The van der Waals surface area contributed by atoms with E-state index in [9.17, 15) is 0 Å². The molecule has 0 spiro atoms. The van der Waals surface area contributed by atoms with Crippen molar-refractivity contribution in [3.63, 3.8) is 0 Å². The van der Waals surface area contributed by atoms with Gasteiger partial charge in [-0.3, -0.25) is 0 Å². The first-order valence-corrected chi connectivity index (χ1v) is 6.97. The Balaban J connectivity index is 1.65. The van der Waals surface area contributed by atoms with Crippen molar-refractivity contribution in [1.29, 1.82) is 0 Å². The highest BCUT2D eigenvalue weighted by molar-refractivity contribution is 5.49. The van der Waals surface area contributed by atoms with Gasteiger partial charge >= 0.3 is 0 Å². The fourth-order valence-corrected chi connectivity index (χ4v) is 2.30. The van der Waals surface area contributed by atoms with E-state index in [0.29, 0.717) is 0 Å². The molecule has 0 amide bonds. The molecule has 20 heavy (non-hydrogen) atoms. The second-order valence-corrected chi connectivity index (χ2v) is 4.84. The summed E-state index contributed by atoms with van der Waals surface area (Å²) in [7, 11) is 0. The molecule has 5 nitrogen and oxygen atoms in total. The smallest absolute Gasteiger partial charge is 0.134 e. The van der Waals surface area contributed by atoms with Crippen LogP contribution < -0.4 is 15.5 Å². The van der Waals surface area contributed by atoms with E-state index < -0.39 is 0 Å². The SMILES string of the molecule is c1ccc(CNc2cc(N3CCNCC3)ncn2)cc1. The molecular formula is C15H19N5. The summed E-state index contributed by atoms with van der Waals surface area (Å²) >= 11 is 0. The molecule has 0 aliphatic carbocycles. The topological polar surface area (TPSA) is 53.1 Å². The van der Waals surface area contributed by atoms with Crippen LogP contribution in [-0.2, 0) is 6.54 Å². The van der Waals surface area contributed by atoms with Gasteiger partial charge in [-0.25, -0.2) is 9.97 Å². The number of hydrogen-bond acceptors (Lipinski definition) is 5. The summed E-state index contributed by atoms with van der Waals surface area (Å²) < 4.78 is 0. The molecule has 1 fully saturated rings. The molecule has 2 aromatic rings. The van der Waals surface area contributed by atoms with E-state index in [1.807, 2.05) is 24.3 Å². The molecule has 0 unspecified atom stereocenters. The number of anilines is 2. The summed E-state index contributed by atoms with van der Waals surface area (Å²) in [6.07, 6.45) is 1.63. The lowest BCUT2D eigenvalue weighted by atomic mass is 10.2. The predicted octanol–water partition coefficient (Wildman–Crippen LogP) is 1.50. The van der Waals surface area contributed by atoms with Crippen LogP contribution in [0.15, 0.2) is 42.7 Å². The molecule has 1 saturated heterocycles. The average Bonchev–Trinajstić information content (AvgIpc) is 2.55. The standard InChI is InChI=1S/C15H19N5/c1-2-4-13(5-3-1)11-17-14-10-15(19-12-18-14)20-8-6-16-7-9-20/h1-5,10,12,16H,6-9,11H2,(H,17,18,19). The molecule has 1 aliphatic heterocycles. The minimum atomic E-state index is 0.777. The monoisotopic (exact) mass is 269 g/mol. The molecule has 0 saturated carbocycles. The van der Waals surface area contributed by atoms with E-state index in [4.69, 9.17) is 0 Å². The quantitative estimate of drug-likeness (QED) is 0.881. The second-order valence-electron chi connectivity index (χ2n) is 4.84. The number of benzene rings is 1. The summed E-state index contributed by atoms with van der Waals surface area (Å²) in [5, 5.41) is 6.69. The molecule has 0 radical (unpaired) electrons. The average molecular weight is 269 g/mol. The first kappa shape index (κ1) is 12.9. The van der Waals surface area contributed by atoms with Crippen LogP contribution in [0.25, 0.3) is 0 Å². The van der Waals surface area contributed by atoms with E-state index in [1.165, 1.54) is 5.56 Å². The Morgan fingerprint density at radius 2 is 1.90 bits per heavy atom. The van der Waals surface area contributed by atoms with Crippen molar-refractivity contribution >= 4 is 11.6 Å². The van der Waals surface area contributed by atoms with Crippen molar-refractivity contribution in [1.82, 2.24) is 15.3 Å². The minimum Gasteiger partial charge on any atom is -0.366 e. The van der Waals surface area contributed by atoms with Gasteiger partial charge in [-0.05, 0) is 5.56 Å². The molecule has 5 heteroatoms. The van der Waals surface area contributed by atoms with Crippen molar-refractivity contribution in [3.05, 3.63) is 48.3 Å². The molecule has 2 heterocycles. The highest BCUT2D eigenvalue weighted by Crippen LogP contribution is 2.15. The molecule has 0 bridgehead atoms. The van der Waals surface area contributed by atoms with Gasteiger partial charge in [-0.15, -0.1) is 0 Å². The van der Waals surface area contributed by atoms with Gasteiger partial charge in [0, 0.05) is 38.8 Å². The van der Waals surface area contributed by atoms with Gasteiger partial charge in [-0.1, -0.05) is 30.3 Å². The van der Waals surface area contributed by atoms with Crippen LogP contribution in [0.3, 0.4) is 0 Å². The Morgan fingerprint density at radius 1 is 1.10 bits per heavy atom. The lowest BCUT2D eigenvalue weighted by Crippen LogP contribution is -2.43. The second kappa shape index (κ2) is 6.34.